The number of hydrogen-bond acceptors (Lipinski definition) is 3. The van der Waals surface area contributed by atoms with Gasteiger partial charge in [0.15, 0.2) is 11.4 Å². The molecule has 2 aliphatic heterocycles. The number of benzene rings is 1. The minimum Gasteiger partial charge on any atom is -0.338 e. The Morgan fingerprint density at radius 3 is 2.30 bits per heavy atom. The molecule has 2 aliphatic rings. The van der Waals surface area contributed by atoms with Crippen LogP contribution in [0.2, 0.25) is 0 Å². The summed E-state index contributed by atoms with van der Waals surface area (Å²) in [6.45, 7) is 8.42. The van der Waals surface area contributed by atoms with E-state index in [0.29, 0.717) is 30.9 Å². The Hall–Kier alpha value is -2.89. The molecule has 2 amide bonds. The topological polar surface area (TPSA) is 62.6 Å². The van der Waals surface area contributed by atoms with Crippen LogP contribution in [-0.2, 0) is 17.0 Å². The highest BCUT2D eigenvalue weighted by atomic mass is 16.2. The lowest BCUT2D eigenvalue weighted by molar-refractivity contribution is -0.138. The Labute approximate surface area is 159 Å². The van der Waals surface area contributed by atoms with Crippen LogP contribution in [0.15, 0.2) is 42.6 Å². The third-order valence-corrected chi connectivity index (χ3v) is 5.21. The molecule has 1 aromatic carbocycles. The van der Waals surface area contributed by atoms with E-state index in [-0.39, 0.29) is 17.6 Å². The molecule has 1 fully saturated rings. The molecule has 1 atom stereocenters. The van der Waals surface area contributed by atoms with Crippen LogP contribution in [-0.4, -0.2) is 45.1 Å². The average molecular weight is 367 g/mol. The van der Waals surface area contributed by atoms with E-state index in [1.54, 1.807) is 22.1 Å². The van der Waals surface area contributed by atoms with Gasteiger partial charge in [0.25, 0.3) is 5.91 Å². The van der Waals surface area contributed by atoms with Gasteiger partial charge in [0.2, 0.25) is 5.91 Å². The van der Waals surface area contributed by atoms with E-state index in [9.17, 15) is 14.4 Å². The van der Waals surface area contributed by atoms with Crippen molar-refractivity contribution in [1.29, 1.82) is 0 Å². The molecule has 4 rings (SSSR count). The molecule has 1 aromatic heterocycles. The molecule has 142 valence electrons. The Kier molecular flexibility index (Phi) is 4.91. The summed E-state index contributed by atoms with van der Waals surface area (Å²) < 4.78 is 1.81. The number of hydrogen-bond donors (Lipinski definition) is 0. The zero-order chi connectivity index (χ0) is 19.8. The summed E-state index contributed by atoms with van der Waals surface area (Å²) in [5.74, 6) is -0.292. The van der Waals surface area contributed by atoms with E-state index < -0.39 is 5.66 Å². The van der Waals surface area contributed by atoms with Gasteiger partial charge in [-0.3, -0.25) is 14.4 Å². The first-order chi connectivity index (χ1) is 12.9. The van der Waals surface area contributed by atoms with Crippen molar-refractivity contribution in [2.24, 2.45) is 0 Å². The fourth-order valence-electron chi connectivity index (χ4n) is 4.07. The number of ketones is 1. The number of fused-ring (bicyclic) bond motifs is 2. The molecule has 0 bridgehead atoms. The Balaban J connectivity index is 0.00000102. The largest absolute Gasteiger partial charge is 0.338 e. The maximum absolute atomic E-state index is 13.1. The zero-order valence-electron chi connectivity index (χ0n) is 16.2. The molecule has 6 nitrogen and oxygen atoms in total. The molecule has 3 heterocycles. The van der Waals surface area contributed by atoms with Crippen molar-refractivity contribution in [2.75, 3.05) is 13.1 Å². The quantitative estimate of drug-likeness (QED) is 0.767. The van der Waals surface area contributed by atoms with Gasteiger partial charge in [-0.1, -0.05) is 44.2 Å². The van der Waals surface area contributed by atoms with Crippen molar-refractivity contribution < 1.29 is 14.4 Å². The van der Waals surface area contributed by atoms with Gasteiger partial charge in [-0.25, -0.2) is 0 Å². The predicted molar refractivity (Wildman–Crippen MR) is 102 cm³/mol. The minimum absolute atomic E-state index is 0.0680. The highest BCUT2D eigenvalue weighted by Crippen LogP contribution is 2.43. The van der Waals surface area contributed by atoms with E-state index >= 15 is 0 Å². The van der Waals surface area contributed by atoms with Gasteiger partial charge in [0.05, 0.1) is 6.54 Å². The summed E-state index contributed by atoms with van der Waals surface area (Å²) in [5, 5.41) is 0. The molecule has 0 radical (unpaired) electrons. The predicted octanol–water partition coefficient (Wildman–Crippen LogP) is 2.89. The standard InChI is InChI=1S/C19H19N3O3.C2H6/c1-13(23)15-10-17-18(25)22-9-8-21(14(2)24)19(22,12-20(17)11-15)16-6-4-3-5-7-16;1-2/h3-7,10-11H,8-9,12H2,1-2H3;1-2H3. The SMILES string of the molecule is CC.CC(=O)c1cc2n(c1)CC1(c3ccccc3)N(C(C)=O)CCN1C2=O. The third kappa shape index (κ3) is 2.76. The molecular weight excluding hydrogens is 342 g/mol. The fourth-order valence-corrected chi connectivity index (χ4v) is 4.07. The minimum atomic E-state index is -0.843. The molecular formula is C21H25N3O3. The summed E-state index contributed by atoms with van der Waals surface area (Å²) in [7, 11) is 0. The highest BCUT2D eigenvalue weighted by Gasteiger charge is 2.55. The van der Waals surface area contributed by atoms with E-state index in [1.807, 2.05) is 48.7 Å². The smallest absolute Gasteiger partial charge is 0.272 e. The second-order valence-electron chi connectivity index (χ2n) is 6.61. The Morgan fingerprint density at radius 2 is 1.70 bits per heavy atom. The zero-order valence-corrected chi connectivity index (χ0v) is 16.2. The van der Waals surface area contributed by atoms with Crippen LogP contribution in [0.5, 0.6) is 0 Å². The molecule has 6 heteroatoms. The first kappa shape index (κ1) is 18.9. The second-order valence-corrected chi connectivity index (χ2v) is 6.61. The van der Waals surface area contributed by atoms with Crippen LogP contribution in [0.1, 0.15) is 54.1 Å². The van der Waals surface area contributed by atoms with Crippen molar-refractivity contribution in [3.8, 4) is 0 Å². The number of amides is 2. The molecule has 2 aromatic rings. The lowest BCUT2D eigenvalue weighted by Gasteiger charge is -2.47. The van der Waals surface area contributed by atoms with Crippen LogP contribution in [0.3, 0.4) is 0 Å². The maximum Gasteiger partial charge on any atom is 0.272 e. The van der Waals surface area contributed by atoms with Gasteiger partial charge in [0.1, 0.15) is 5.69 Å². The fraction of sp³-hybridized carbons (Fsp3) is 0.381. The van der Waals surface area contributed by atoms with Gasteiger partial charge in [-0.15, -0.1) is 0 Å². The molecule has 0 N–H and O–H groups in total. The Bertz CT molecular complexity index is 887. The summed E-state index contributed by atoms with van der Waals surface area (Å²) in [6, 6.07) is 11.3. The number of carbonyl (C=O) groups is 3. The highest BCUT2D eigenvalue weighted by molar-refractivity contribution is 6.00. The van der Waals surface area contributed by atoms with Crippen molar-refractivity contribution in [2.45, 2.75) is 39.9 Å². The molecule has 27 heavy (non-hydrogen) atoms. The number of nitrogens with zero attached hydrogens (tertiary/aromatic N) is 3. The molecule has 1 saturated heterocycles. The number of aromatic nitrogens is 1. The van der Waals surface area contributed by atoms with Crippen LogP contribution in [0, 0.1) is 0 Å². The summed E-state index contributed by atoms with van der Waals surface area (Å²) >= 11 is 0. The monoisotopic (exact) mass is 367 g/mol. The Morgan fingerprint density at radius 1 is 1.04 bits per heavy atom. The van der Waals surface area contributed by atoms with E-state index in [0.717, 1.165) is 5.56 Å². The third-order valence-electron chi connectivity index (χ3n) is 5.21. The van der Waals surface area contributed by atoms with Crippen molar-refractivity contribution in [1.82, 2.24) is 14.4 Å². The summed E-state index contributed by atoms with van der Waals surface area (Å²) in [5.41, 5.74) is 1.08. The van der Waals surface area contributed by atoms with Crippen LogP contribution in [0.25, 0.3) is 0 Å². The number of carbonyl (C=O) groups excluding carboxylic acids is 3. The summed E-state index contributed by atoms with van der Waals surface area (Å²) in [4.78, 5) is 40.7. The van der Waals surface area contributed by atoms with Gasteiger partial charge in [0, 0.05) is 31.8 Å². The normalized spacial score (nSPS) is 20.5. The number of Topliss-reactive ketones (excluding diaryl/α,β-unsaturated/α-hetero) is 1. The van der Waals surface area contributed by atoms with Gasteiger partial charge >= 0.3 is 0 Å². The van der Waals surface area contributed by atoms with Crippen LogP contribution >= 0.6 is 0 Å². The molecule has 0 spiro atoms. The van der Waals surface area contributed by atoms with Gasteiger partial charge in [-0.2, -0.15) is 0 Å². The van der Waals surface area contributed by atoms with E-state index in [1.165, 1.54) is 13.8 Å². The van der Waals surface area contributed by atoms with Crippen LogP contribution < -0.4 is 0 Å². The molecule has 0 saturated carbocycles. The van der Waals surface area contributed by atoms with E-state index in [4.69, 9.17) is 0 Å². The van der Waals surface area contributed by atoms with Gasteiger partial charge in [-0.05, 0) is 18.6 Å². The number of rotatable bonds is 2. The summed E-state index contributed by atoms with van der Waals surface area (Å²) in [6.07, 6.45) is 1.72. The van der Waals surface area contributed by atoms with Crippen molar-refractivity contribution >= 4 is 17.6 Å². The van der Waals surface area contributed by atoms with E-state index in [2.05, 4.69) is 0 Å². The second kappa shape index (κ2) is 7.02. The average Bonchev–Trinajstić information content (AvgIpc) is 3.27. The first-order valence-corrected chi connectivity index (χ1v) is 9.32. The lowest BCUT2D eigenvalue weighted by atomic mass is 9.94. The molecule has 1 unspecified atom stereocenters. The molecule has 0 aliphatic carbocycles. The van der Waals surface area contributed by atoms with Crippen molar-refractivity contribution in [3.63, 3.8) is 0 Å². The van der Waals surface area contributed by atoms with Crippen LogP contribution in [0.4, 0.5) is 0 Å². The first-order valence-electron chi connectivity index (χ1n) is 9.32. The van der Waals surface area contributed by atoms with Crippen molar-refractivity contribution in [3.05, 3.63) is 59.4 Å². The van der Waals surface area contributed by atoms with Gasteiger partial charge < -0.3 is 14.4 Å². The lowest BCUT2D eigenvalue weighted by Crippen LogP contribution is -2.59. The maximum atomic E-state index is 13.1.